The molecule has 9 heteroatoms. The minimum absolute atomic E-state index is 0.0475. The third-order valence-electron chi connectivity index (χ3n) is 5.11. The molecule has 4 rings (SSSR count). The van der Waals surface area contributed by atoms with Crippen molar-refractivity contribution < 1.29 is 22.7 Å². The Morgan fingerprint density at radius 3 is 2.52 bits per heavy atom. The van der Waals surface area contributed by atoms with Gasteiger partial charge >= 0.3 is 6.09 Å². The van der Waals surface area contributed by atoms with Crippen LogP contribution in [-0.4, -0.2) is 38.8 Å². The van der Waals surface area contributed by atoms with Gasteiger partial charge in [0, 0.05) is 18.4 Å². The maximum Gasteiger partial charge on any atom is 0.410 e. The molecule has 1 amide bonds. The molecule has 2 aliphatic rings. The first kappa shape index (κ1) is 20.1. The number of nitrogens with zero attached hydrogens (tertiary/aromatic N) is 3. The molecular weight excluding hydrogens is 407 g/mol. The van der Waals surface area contributed by atoms with E-state index in [4.69, 9.17) is 16.3 Å². The zero-order valence-corrected chi connectivity index (χ0v) is 17.1. The van der Waals surface area contributed by atoms with Crippen molar-refractivity contribution in [2.75, 3.05) is 6.54 Å². The third-order valence-corrected chi connectivity index (χ3v) is 5.40. The average Bonchev–Trinajstić information content (AvgIpc) is 2.99. The van der Waals surface area contributed by atoms with Crippen molar-refractivity contribution in [3.05, 3.63) is 40.8 Å². The smallest absolute Gasteiger partial charge is 0.410 e. The van der Waals surface area contributed by atoms with Crippen LogP contribution in [0.15, 0.2) is 24.3 Å². The molecule has 1 aliphatic heterocycles. The summed E-state index contributed by atoms with van der Waals surface area (Å²) in [7, 11) is 0. The standard InChI is InChI=1S/C20H21ClF3N3O2/c1-18(2,3)29-17(28)26-8-13-7-16(12-4-5-15(22)14(21)6-12)25-27(13)19(11-26)9-20(23,24)10-19/h4-7H,8-11H2,1-3H3. The number of amides is 1. The van der Waals surface area contributed by atoms with Crippen LogP contribution in [0.5, 0.6) is 0 Å². The molecule has 1 saturated carbocycles. The highest BCUT2D eigenvalue weighted by Crippen LogP contribution is 2.53. The van der Waals surface area contributed by atoms with Gasteiger partial charge in [0.25, 0.3) is 5.92 Å². The van der Waals surface area contributed by atoms with Crippen molar-refractivity contribution in [2.45, 2.75) is 57.2 Å². The summed E-state index contributed by atoms with van der Waals surface area (Å²) in [4.78, 5) is 14.0. The van der Waals surface area contributed by atoms with E-state index in [0.717, 1.165) is 0 Å². The molecule has 1 aromatic heterocycles. The van der Waals surface area contributed by atoms with Gasteiger partial charge in [-0.2, -0.15) is 5.10 Å². The Kier molecular flexibility index (Phi) is 4.42. The zero-order chi connectivity index (χ0) is 21.2. The lowest BCUT2D eigenvalue weighted by molar-refractivity contribution is -0.170. The monoisotopic (exact) mass is 427 g/mol. The van der Waals surface area contributed by atoms with Crippen LogP contribution < -0.4 is 0 Å². The van der Waals surface area contributed by atoms with E-state index in [9.17, 15) is 18.0 Å². The molecule has 0 bridgehead atoms. The number of hydrogen-bond donors (Lipinski definition) is 0. The summed E-state index contributed by atoms with van der Waals surface area (Å²) in [5.74, 6) is -3.36. The minimum Gasteiger partial charge on any atom is -0.444 e. The Labute approximate surface area is 171 Å². The molecule has 1 spiro atoms. The van der Waals surface area contributed by atoms with E-state index < -0.39 is 41.8 Å². The maximum absolute atomic E-state index is 13.9. The van der Waals surface area contributed by atoms with Gasteiger partial charge in [0.15, 0.2) is 0 Å². The number of carbonyl (C=O) groups excluding carboxylic acids is 1. The lowest BCUT2D eigenvalue weighted by atomic mass is 9.72. The van der Waals surface area contributed by atoms with E-state index in [1.807, 2.05) is 0 Å². The average molecular weight is 428 g/mol. The number of benzene rings is 1. The van der Waals surface area contributed by atoms with Gasteiger partial charge in [0.2, 0.25) is 0 Å². The molecule has 0 atom stereocenters. The minimum atomic E-state index is -2.81. The highest BCUT2D eigenvalue weighted by Gasteiger charge is 2.61. The molecule has 29 heavy (non-hydrogen) atoms. The molecule has 1 aromatic carbocycles. The summed E-state index contributed by atoms with van der Waals surface area (Å²) in [5.41, 5.74) is -0.00339. The fourth-order valence-corrected chi connectivity index (χ4v) is 4.22. The normalized spacial score (nSPS) is 19.6. The number of fused-ring (bicyclic) bond motifs is 2. The second-order valence-corrected chi connectivity index (χ2v) is 9.24. The van der Waals surface area contributed by atoms with Gasteiger partial charge < -0.3 is 4.74 Å². The van der Waals surface area contributed by atoms with Crippen molar-refractivity contribution in [3.8, 4) is 11.3 Å². The van der Waals surface area contributed by atoms with Crippen molar-refractivity contribution in [1.82, 2.24) is 14.7 Å². The number of aromatic nitrogens is 2. The lowest BCUT2D eigenvalue weighted by Gasteiger charge is -2.52. The largest absolute Gasteiger partial charge is 0.444 e. The molecule has 156 valence electrons. The van der Waals surface area contributed by atoms with E-state index in [2.05, 4.69) is 5.10 Å². The van der Waals surface area contributed by atoms with Gasteiger partial charge in [0.05, 0.1) is 35.0 Å². The Bertz CT molecular complexity index is 976. The molecule has 2 aromatic rings. The van der Waals surface area contributed by atoms with Crippen LogP contribution in [0.2, 0.25) is 5.02 Å². The van der Waals surface area contributed by atoms with Crippen molar-refractivity contribution in [1.29, 1.82) is 0 Å². The summed E-state index contributed by atoms with van der Waals surface area (Å²) in [5, 5.41) is 4.48. The van der Waals surface area contributed by atoms with Gasteiger partial charge in [0.1, 0.15) is 11.4 Å². The number of hydrogen-bond acceptors (Lipinski definition) is 3. The van der Waals surface area contributed by atoms with Crippen LogP contribution in [0, 0.1) is 5.82 Å². The van der Waals surface area contributed by atoms with Crippen molar-refractivity contribution in [3.63, 3.8) is 0 Å². The van der Waals surface area contributed by atoms with Crippen LogP contribution in [-0.2, 0) is 16.8 Å². The van der Waals surface area contributed by atoms with Gasteiger partial charge in [-0.1, -0.05) is 11.6 Å². The van der Waals surface area contributed by atoms with E-state index >= 15 is 0 Å². The quantitative estimate of drug-likeness (QED) is 0.627. The Hall–Kier alpha value is -2.22. The number of halogens is 4. The van der Waals surface area contributed by atoms with E-state index in [1.165, 1.54) is 23.1 Å². The number of ether oxygens (including phenoxy) is 1. The second-order valence-electron chi connectivity index (χ2n) is 8.83. The molecule has 0 radical (unpaired) electrons. The summed E-state index contributed by atoms with van der Waals surface area (Å²) in [6.45, 7) is 5.54. The highest BCUT2D eigenvalue weighted by atomic mass is 35.5. The Balaban J connectivity index is 1.71. The van der Waals surface area contributed by atoms with Gasteiger partial charge in [-0.3, -0.25) is 9.58 Å². The van der Waals surface area contributed by atoms with Crippen LogP contribution >= 0.6 is 11.6 Å². The van der Waals surface area contributed by atoms with Crippen molar-refractivity contribution >= 4 is 17.7 Å². The molecule has 1 fully saturated rings. The fourth-order valence-electron chi connectivity index (χ4n) is 4.04. The zero-order valence-electron chi connectivity index (χ0n) is 16.3. The van der Waals surface area contributed by atoms with Gasteiger partial charge in [-0.15, -0.1) is 0 Å². The first-order chi connectivity index (χ1) is 13.4. The topological polar surface area (TPSA) is 47.4 Å². The fraction of sp³-hybridized carbons (Fsp3) is 0.500. The van der Waals surface area contributed by atoms with E-state index in [0.29, 0.717) is 17.0 Å². The highest BCUT2D eigenvalue weighted by molar-refractivity contribution is 6.31. The summed E-state index contributed by atoms with van der Waals surface area (Å²) >= 11 is 5.87. The first-order valence-corrected chi connectivity index (χ1v) is 9.66. The number of carbonyl (C=O) groups is 1. The molecule has 0 N–H and O–H groups in total. The molecule has 2 heterocycles. The SMILES string of the molecule is CC(C)(C)OC(=O)N1Cc2cc(-c3ccc(F)c(Cl)c3)nn2C2(C1)CC(F)(F)C2. The summed E-state index contributed by atoms with van der Waals surface area (Å²) < 4.78 is 48.2. The van der Waals surface area contributed by atoms with Crippen LogP contribution in [0.3, 0.4) is 0 Å². The van der Waals surface area contributed by atoms with Crippen molar-refractivity contribution in [2.24, 2.45) is 0 Å². The van der Waals surface area contributed by atoms with Crippen LogP contribution in [0.25, 0.3) is 11.3 Å². The lowest BCUT2D eigenvalue weighted by Crippen LogP contribution is -2.63. The second kappa shape index (κ2) is 6.39. The predicted molar refractivity (Wildman–Crippen MR) is 101 cm³/mol. The van der Waals surface area contributed by atoms with Crippen LogP contribution in [0.1, 0.15) is 39.3 Å². The molecule has 0 saturated heterocycles. The van der Waals surface area contributed by atoms with E-state index in [-0.39, 0.29) is 18.1 Å². The van der Waals surface area contributed by atoms with Crippen LogP contribution in [0.4, 0.5) is 18.0 Å². The first-order valence-electron chi connectivity index (χ1n) is 9.28. The Morgan fingerprint density at radius 2 is 1.93 bits per heavy atom. The molecule has 5 nitrogen and oxygen atoms in total. The Morgan fingerprint density at radius 1 is 1.24 bits per heavy atom. The third kappa shape index (κ3) is 3.70. The van der Waals surface area contributed by atoms with Gasteiger partial charge in [-0.25, -0.2) is 18.0 Å². The maximum atomic E-state index is 13.9. The molecule has 0 unspecified atom stereocenters. The molecule has 1 aliphatic carbocycles. The summed E-state index contributed by atoms with van der Waals surface area (Å²) in [6.07, 6.45) is -1.36. The molecular formula is C20H21ClF3N3O2. The van der Waals surface area contributed by atoms with Gasteiger partial charge in [-0.05, 0) is 45.0 Å². The number of alkyl halides is 2. The predicted octanol–water partition coefficient (Wildman–Crippen LogP) is 5.22. The summed E-state index contributed by atoms with van der Waals surface area (Å²) in [6, 6.07) is 5.93. The van der Waals surface area contributed by atoms with E-state index in [1.54, 1.807) is 31.5 Å². The number of rotatable bonds is 1.